The Morgan fingerprint density at radius 3 is 1.53 bits per heavy atom. The number of nitrogens with zero attached hydrogens (tertiary/aromatic N) is 4. The number of aryl methyl sites for hydroxylation is 2. The maximum Gasteiger partial charge on any atom is 0.279 e. The SMILES string of the molecule is CCCCc1ccc(N=NC(C(=O)Nc2ccc(NC(=O)C(N=Nc3ccc(CCCC)cc3)=C(C)O)c(Cl)c2)=C(C)O)cc1. The second kappa shape index (κ2) is 17.5. The van der Waals surface area contributed by atoms with E-state index in [9.17, 15) is 19.8 Å². The molecule has 4 N–H and O–H groups in total. The normalized spacial score (nSPS) is 12.6. The van der Waals surface area contributed by atoms with Crippen molar-refractivity contribution in [2.24, 2.45) is 20.5 Å². The van der Waals surface area contributed by atoms with Gasteiger partial charge in [-0.05, 0) is 93.1 Å². The third-order valence-corrected chi connectivity index (χ3v) is 6.95. The van der Waals surface area contributed by atoms with Gasteiger partial charge >= 0.3 is 0 Å². The van der Waals surface area contributed by atoms with Crippen LogP contribution in [0.4, 0.5) is 22.7 Å². The van der Waals surface area contributed by atoms with Gasteiger partial charge in [0, 0.05) is 5.69 Å². The average molecular weight is 631 g/mol. The molecule has 2 amide bonds. The number of rotatable bonds is 14. The van der Waals surface area contributed by atoms with Crippen molar-refractivity contribution in [1.29, 1.82) is 0 Å². The van der Waals surface area contributed by atoms with Crippen LogP contribution in [0, 0.1) is 0 Å². The van der Waals surface area contributed by atoms with Gasteiger partial charge in [-0.2, -0.15) is 10.2 Å². The van der Waals surface area contributed by atoms with Crippen LogP contribution in [0.3, 0.4) is 0 Å². The molecule has 0 bridgehead atoms. The molecule has 0 aliphatic rings. The number of halogens is 1. The first-order valence-electron chi connectivity index (χ1n) is 14.8. The summed E-state index contributed by atoms with van der Waals surface area (Å²) in [6.07, 6.45) is 6.34. The fraction of sp³-hybridized carbons (Fsp3) is 0.294. The maximum absolute atomic E-state index is 12.9. The summed E-state index contributed by atoms with van der Waals surface area (Å²) < 4.78 is 0. The van der Waals surface area contributed by atoms with Gasteiger partial charge in [0.2, 0.25) is 0 Å². The molecule has 0 radical (unpaired) electrons. The monoisotopic (exact) mass is 630 g/mol. The number of allylic oxidation sites excluding steroid dienone is 2. The summed E-state index contributed by atoms with van der Waals surface area (Å²) in [4.78, 5) is 25.8. The van der Waals surface area contributed by atoms with Gasteiger partial charge in [0.25, 0.3) is 11.8 Å². The van der Waals surface area contributed by atoms with E-state index in [0.717, 1.165) is 38.5 Å². The van der Waals surface area contributed by atoms with Gasteiger partial charge in [-0.3, -0.25) is 9.59 Å². The van der Waals surface area contributed by atoms with Crippen LogP contribution in [-0.4, -0.2) is 22.0 Å². The van der Waals surface area contributed by atoms with Crippen molar-refractivity contribution < 1.29 is 19.8 Å². The summed E-state index contributed by atoms with van der Waals surface area (Å²) in [5, 5.41) is 41.6. The lowest BCUT2D eigenvalue weighted by Crippen LogP contribution is -2.16. The highest BCUT2D eigenvalue weighted by atomic mass is 35.5. The zero-order valence-corrected chi connectivity index (χ0v) is 26.7. The molecule has 0 saturated heterocycles. The molecule has 3 rings (SSSR count). The fourth-order valence-corrected chi connectivity index (χ4v) is 4.29. The molecule has 0 saturated carbocycles. The number of azo groups is 2. The van der Waals surface area contributed by atoms with E-state index in [4.69, 9.17) is 11.6 Å². The van der Waals surface area contributed by atoms with Crippen LogP contribution in [0.15, 0.2) is 110 Å². The van der Waals surface area contributed by atoms with Crippen molar-refractivity contribution in [3.05, 3.63) is 106 Å². The molecule has 11 heteroatoms. The summed E-state index contributed by atoms with van der Waals surface area (Å²) >= 11 is 6.39. The number of hydrogen-bond acceptors (Lipinski definition) is 8. The molecule has 0 aromatic heterocycles. The Kier molecular flexibility index (Phi) is 13.4. The van der Waals surface area contributed by atoms with Crippen molar-refractivity contribution >= 4 is 46.2 Å². The highest BCUT2D eigenvalue weighted by molar-refractivity contribution is 6.34. The molecule has 0 unspecified atom stereocenters. The lowest BCUT2D eigenvalue weighted by molar-refractivity contribution is -0.114. The van der Waals surface area contributed by atoms with Crippen molar-refractivity contribution in [3.8, 4) is 0 Å². The van der Waals surface area contributed by atoms with Gasteiger partial charge in [-0.25, -0.2) is 0 Å². The highest BCUT2D eigenvalue weighted by Gasteiger charge is 2.17. The number of nitrogens with one attached hydrogen (secondary N) is 2. The number of carbonyl (C=O) groups excluding carboxylic acids is 2. The predicted octanol–water partition coefficient (Wildman–Crippen LogP) is 10.0. The Morgan fingerprint density at radius 2 is 1.13 bits per heavy atom. The van der Waals surface area contributed by atoms with Crippen LogP contribution in [0.5, 0.6) is 0 Å². The van der Waals surface area contributed by atoms with Crippen molar-refractivity contribution in [3.63, 3.8) is 0 Å². The summed E-state index contributed by atoms with van der Waals surface area (Å²) in [5.41, 5.74) is 3.38. The van der Waals surface area contributed by atoms with E-state index in [1.54, 1.807) is 24.3 Å². The van der Waals surface area contributed by atoms with Gasteiger partial charge in [0.05, 0.1) is 22.1 Å². The largest absolute Gasteiger partial charge is 0.510 e. The zero-order chi connectivity index (χ0) is 32.8. The number of amides is 2. The zero-order valence-electron chi connectivity index (χ0n) is 26.0. The molecule has 0 heterocycles. The van der Waals surface area contributed by atoms with Crippen LogP contribution in [-0.2, 0) is 22.4 Å². The Balaban J connectivity index is 1.65. The Bertz CT molecular complexity index is 1590. The van der Waals surface area contributed by atoms with Gasteiger partial charge in [0.1, 0.15) is 11.5 Å². The molecule has 0 aliphatic carbocycles. The lowest BCUT2D eigenvalue weighted by Gasteiger charge is -2.11. The Labute approximate surface area is 268 Å². The molecule has 0 spiro atoms. The van der Waals surface area contributed by atoms with Gasteiger partial charge < -0.3 is 20.8 Å². The standard InChI is InChI=1S/C34H39ClN6O4/c1-5-7-9-24-11-15-26(16-12-24)38-40-31(22(3)42)33(44)36-28-19-20-30(29(35)21-28)37-34(45)32(23(4)43)41-39-27-17-13-25(14-18-27)10-8-6-2/h11-21,42-43H,5-10H2,1-4H3,(H,36,44)(H,37,45). The number of unbranched alkanes of at least 4 members (excludes halogenated alkanes) is 2. The fourth-order valence-electron chi connectivity index (χ4n) is 4.07. The summed E-state index contributed by atoms with van der Waals surface area (Å²) in [6.45, 7) is 6.93. The van der Waals surface area contributed by atoms with Crippen molar-refractivity contribution in [2.75, 3.05) is 10.6 Å². The second-order valence-electron chi connectivity index (χ2n) is 10.4. The van der Waals surface area contributed by atoms with Crippen LogP contribution < -0.4 is 10.6 Å². The van der Waals surface area contributed by atoms with Crippen LogP contribution in [0.2, 0.25) is 5.02 Å². The summed E-state index contributed by atoms with van der Waals surface area (Å²) in [5.74, 6) is -2.06. The van der Waals surface area contributed by atoms with Gasteiger partial charge in [-0.1, -0.05) is 62.6 Å². The van der Waals surface area contributed by atoms with E-state index in [0.29, 0.717) is 11.4 Å². The van der Waals surface area contributed by atoms with Crippen LogP contribution in [0.1, 0.15) is 64.5 Å². The lowest BCUT2D eigenvalue weighted by atomic mass is 10.1. The van der Waals surface area contributed by atoms with Crippen LogP contribution >= 0.6 is 11.6 Å². The van der Waals surface area contributed by atoms with Crippen molar-refractivity contribution in [1.82, 2.24) is 0 Å². The number of hydrogen-bond donors (Lipinski definition) is 4. The van der Waals surface area contributed by atoms with E-state index in [1.807, 2.05) is 24.3 Å². The predicted molar refractivity (Wildman–Crippen MR) is 179 cm³/mol. The minimum absolute atomic E-state index is 0.103. The Hall–Kier alpha value is -4.83. The van der Waals surface area contributed by atoms with Gasteiger partial charge in [-0.15, -0.1) is 10.2 Å². The minimum Gasteiger partial charge on any atom is -0.510 e. The molecular weight excluding hydrogens is 592 g/mol. The second-order valence-corrected chi connectivity index (χ2v) is 10.8. The molecule has 3 aromatic rings. The number of aliphatic hydroxyl groups excluding tert-OH is 2. The average Bonchev–Trinajstić information content (AvgIpc) is 3.01. The molecule has 0 fully saturated rings. The number of benzene rings is 3. The van der Waals surface area contributed by atoms with Crippen molar-refractivity contribution in [2.45, 2.75) is 66.2 Å². The third-order valence-electron chi connectivity index (χ3n) is 6.63. The smallest absolute Gasteiger partial charge is 0.279 e. The molecule has 236 valence electrons. The summed E-state index contributed by atoms with van der Waals surface area (Å²) in [7, 11) is 0. The minimum atomic E-state index is -0.725. The molecule has 0 atom stereocenters. The maximum atomic E-state index is 12.9. The number of anilines is 2. The topological polar surface area (TPSA) is 148 Å². The quantitative estimate of drug-likeness (QED) is 0.0796. The van der Waals surface area contributed by atoms with E-state index in [-0.39, 0.29) is 39.3 Å². The van der Waals surface area contributed by atoms with E-state index < -0.39 is 11.8 Å². The molecular formula is C34H39ClN6O4. The molecule has 10 nitrogen and oxygen atoms in total. The van der Waals surface area contributed by atoms with Crippen LogP contribution in [0.25, 0.3) is 0 Å². The first-order chi connectivity index (χ1) is 21.6. The van der Waals surface area contributed by atoms with E-state index >= 15 is 0 Å². The molecule has 3 aromatic carbocycles. The van der Waals surface area contributed by atoms with E-state index in [1.165, 1.54) is 43.2 Å². The Morgan fingerprint density at radius 1 is 0.689 bits per heavy atom. The first-order valence-corrected chi connectivity index (χ1v) is 15.2. The number of carbonyl (C=O) groups is 2. The molecule has 0 aliphatic heterocycles. The summed E-state index contributed by atoms with van der Waals surface area (Å²) in [6, 6.07) is 19.4. The third kappa shape index (κ3) is 11.0. The molecule has 45 heavy (non-hydrogen) atoms. The number of aliphatic hydroxyl groups is 2. The van der Waals surface area contributed by atoms with E-state index in [2.05, 4.69) is 44.9 Å². The van der Waals surface area contributed by atoms with Gasteiger partial charge in [0.15, 0.2) is 11.4 Å². The highest BCUT2D eigenvalue weighted by Crippen LogP contribution is 2.27. The first kappa shape index (κ1) is 34.7.